The van der Waals surface area contributed by atoms with E-state index in [4.69, 9.17) is 4.74 Å². The number of aliphatic imine (C=N–C) groups is 1. The Hall–Kier alpha value is -0.570. The molecular formula is C17H33IN4O2. The molecule has 0 aromatic carbocycles. The van der Waals surface area contributed by atoms with Crippen LogP contribution in [0.4, 0.5) is 0 Å². The van der Waals surface area contributed by atoms with Gasteiger partial charge in [-0.2, -0.15) is 0 Å². The van der Waals surface area contributed by atoms with Crippen molar-refractivity contribution in [1.82, 2.24) is 15.5 Å². The monoisotopic (exact) mass is 452 g/mol. The summed E-state index contributed by atoms with van der Waals surface area (Å²) in [5.41, 5.74) is -0.275. The van der Waals surface area contributed by atoms with Crippen molar-refractivity contribution in [2.75, 3.05) is 34.3 Å². The molecule has 3 atom stereocenters. The minimum atomic E-state index is -0.275. The second kappa shape index (κ2) is 9.22. The van der Waals surface area contributed by atoms with E-state index in [9.17, 15) is 4.79 Å². The van der Waals surface area contributed by atoms with Crippen LogP contribution in [0.15, 0.2) is 4.99 Å². The Morgan fingerprint density at radius 2 is 2.00 bits per heavy atom. The molecule has 0 heterocycles. The summed E-state index contributed by atoms with van der Waals surface area (Å²) in [7, 11) is 5.21. The first-order chi connectivity index (χ1) is 10.8. The number of carbonyl (C=O) groups excluding carboxylic acids is 1. The zero-order chi connectivity index (χ0) is 17.0. The lowest BCUT2D eigenvalue weighted by molar-refractivity contribution is -0.127. The first-order valence-electron chi connectivity index (χ1n) is 8.61. The Morgan fingerprint density at radius 1 is 1.29 bits per heavy atom. The molecule has 7 heteroatoms. The van der Waals surface area contributed by atoms with E-state index in [1.54, 1.807) is 26.1 Å². The summed E-state index contributed by atoms with van der Waals surface area (Å²) in [5.74, 6) is 2.36. The fraction of sp³-hybridized carbons (Fsp3) is 0.882. The first kappa shape index (κ1) is 21.5. The summed E-state index contributed by atoms with van der Waals surface area (Å²) < 4.78 is 5.45. The Morgan fingerprint density at radius 3 is 2.50 bits per heavy atom. The third-order valence-electron chi connectivity index (χ3n) is 5.17. The van der Waals surface area contributed by atoms with Gasteiger partial charge in [0.2, 0.25) is 5.91 Å². The topological polar surface area (TPSA) is 66.0 Å². The number of nitrogens with zero attached hydrogens (tertiary/aromatic N) is 2. The normalized spacial score (nSPS) is 26.0. The molecule has 1 amide bonds. The number of hydrogen-bond acceptors (Lipinski definition) is 3. The number of methoxy groups -OCH3 is 1. The van der Waals surface area contributed by atoms with E-state index in [-0.39, 0.29) is 42.0 Å². The van der Waals surface area contributed by atoms with Crippen molar-refractivity contribution in [1.29, 1.82) is 0 Å². The molecule has 140 valence electrons. The second-order valence-electron chi connectivity index (χ2n) is 7.70. The summed E-state index contributed by atoms with van der Waals surface area (Å²) in [5, 5.41) is 6.89. The van der Waals surface area contributed by atoms with Gasteiger partial charge in [0, 0.05) is 33.8 Å². The largest absolute Gasteiger partial charge is 0.377 e. The van der Waals surface area contributed by atoms with Crippen LogP contribution < -0.4 is 10.6 Å². The minimum Gasteiger partial charge on any atom is -0.377 e. The highest BCUT2D eigenvalue weighted by atomic mass is 127. The van der Waals surface area contributed by atoms with E-state index in [2.05, 4.69) is 15.6 Å². The Labute approximate surface area is 163 Å². The number of halogens is 1. The minimum absolute atomic E-state index is 0. The molecule has 2 rings (SSSR count). The molecule has 2 N–H and O–H groups in total. The summed E-state index contributed by atoms with van der Waals surface area (Å²) >= 11 is 0. The number of rotatable bonds is 6. The van der Waals surface area contributed by atoms with Gasteiger partial charge < -0.3 is 20.3 Å². The molecule has 2 saturated carbocycles. The number of likely N-dealkylation sites (N-methyl/N-ethyl adjacent to an activating group) is 1. The van der Waals surface area contributed by atoms with Crippen molar-refractivity contribution < 1.29 is 9.53 Å². The summed E-state index contributed by atoms with van der Waals surface area (Å²) in [6.45, 7) is 4.86. The van der Waals surface area contributed by atoms with E-state index in [1.165, 1.54) is 25.7 Å². The average molecular weight is 452 g/mol. The van der Waals surface area contributed by atoms with Gasteiger partial charge >= 0.3 is 0 Å². The van der Waals surface area contributed by atoms with Crippen molar-refractivity contribution in [2.24, 2.45) is 16.8 Å². The van der Waals surface area contributed by atoms with Crippen molar-refractivity contribution in [3.63, 3.8) is 0 Å². The van der Waals surface area contributed by atoms with Gasteiger partial charge in [-0.15, -0.1) is 24.0 Å². The molecule has 2 aliphatic carbocycles. The van der Waals surface area contributed by atoms with Crippen LogP contribution in [-0.2, 0) is 9.53 Å². The number of guanidine groups is 1. The summed E-state index contributed by atoms with van der Waals surface area (Å²) in [4.78, 5) is 17.9. The molecule has 2 bridgehead atoms. The smallest absolute Gasteiger partial charge is 0.243 e. The van der Waals surface area contributed by atoms with Gasteiger partial charge in [0.25, 0.3) is 0 Å². The van der Waals surface area contributed by atoms with E-state index < -0.39 is 0 Å². The summed E-state index contributed by atoms with van der Waals surface area (Å²) in [6, 6.07) is 0.486. The third kappa shape index (κ3) is 6.06. The van der Waals surface area contributed by atoms with Gasteiger partial charge in [-0.05, 0) is 44.9 Å². The summed E-state index contributed by atoms with van der Waals surface area (Å²) in [6.07, 6.45) is 5.25. The van der Waals surface area contributed by atoms with E-state index >= 15 is 0 Å². The number of amides is 1. The first-order valence-corrected chi connectivity index (χ1v) is 8.61. The second-order valence-corrected chi connectivity index (χ2v) is 7.70. The molecule has 2 fully saturated rings. The van der Waals surface area contributed by atoms with E-state index in [0.29, 0.717) is 12.6 Å². The molecule has 2 aliphatic rings. The molecule has 0 spiro atoms. The maximum Gasteiger partial charge on any atom is 0.243 e. The van der Waals surface area contributed by atoms with Crippen LogP contribution in [0, 0.1) is 11.8 Å². The highest BCUT2D eigenvalue weighted by Gasteiger charge is 2.39. The Balaban J connectivity index is 0.00000288. The van der Waals surface area contributed by atoms with Crippen molar-refractivity contribution in [2.45, 2.75) is 51.2 Å². The van der Waals surface area contributed by atoms with Gasteiger partial charge in [-0.1, -0.05) is 6.42 Å². The van der Waals surface area contributed by atoms with Crippen LogP contribution in [-0.4, -0.2) is 62.7 Å². The van der Waals surface area contributed by atoms with E-state index in [1.807, 2.05) is 13.8 Å². The predicted molar refractivity (Wildman–Crippen MR) is 108 cm³/mol. The Bertz CT molecular complexity index is 454. The fourth-order valence-corrected chi connectivity index (χ4v) is 3.41. The van der Waals surface area contributed by atoms with Crippen LogP contribution in [0.25, 0.3) is 0 Å². The van der Waals surface area contributed by atoms with Gasteiger partial charge in [0.1, 0.15) is 6.54 Å². The number of carbonyl (C=O) groups is 1. The standard InChI is InChI=1S/C17H32N4O2.HI/c1-17(2,23-5)11-19-16(18-10-15(22)21(3)4)20-14-9-12-6-7-13(14)8-12;/h12-14H,6-11H2,1-5H3,(H2,18,19,20);1H. The van der Waals surface area contributed by atoms with Crippen LogP contribution >= 0.6 is 24.0 Å². The number of fused-ring (bicyclic) bond motifs is 2. The zero-order valence-electron chi connectivity index (χ0n) is 15.6. The molecule has 0 radical (unpaired) electrons. The quantitative estimate of drug-likeness (QED) is 0.367. The number of ether oxygens (including phenoxy) is 1. The van der Waals surface area contributed by atoms with Crippen LogP contribution in [0.5, 0.6) is 0 Å². The van der Waals surface area contributed by atoms with Crippen molar-refractivity contribution >= 4 is 35.8 Å². The van der Waals surface area contributed by atoms with Gasteiger partial charge in [0.05, 0.1) is 5.60 Å². The molecular weight excluding hydrogens is 419 g/mol. The molecule has 6 nitrogen and oxygen atoms in total. The molecule has 24 heavy (non-hydrogen) atoms. The van der Waals surface area contributed by atoms with Crippen molar-refractivity contribution in [3.8, 4) is 0 Å². The predicted octanol–water partition coefficient (Wildman–Crippen LogP) is 1.84. The highest BCUT2D eigenvalue weighted by molar-refractivity contribution is 14.0. The zero-order valence-corrected chi connectivity index (χ0v) is 17.9. The van der Waals surface area contributed by atoms with Crippen molar-refractivity contribution in [3.05, 3.63) is 0 Å². The van der Waals surface area contributed by atoms with Gasteiger partial charge in [-0.3, -0.25) is 4.79 Å². The fourth-order valence-electron chi connectivity index (χ4n) is 3.41. The number of hydrogen-bond donors (Lipinski definition) is 2. The molecule has 0 aromatic rings. The molecule has 0 aliphatic heterocycles. The van der Waals surface area contributed by atoms with E-state index in [0.717, 1.165) is 17.8 Å². The Kier molecular flexibility index (Phi) is 8.25. The molecule has 0 aromatic heterocycles. The van der Waals surface area contributed by atoms with Gasteiger partial charge in [-0.25, -0.2) is 4.99 Å². The number of nitrogens with one attached hydrogen (secondary N) is 2. The third-order valence-corrected chi connectivity index (χ3v) is 5.17. The van der Waals surface area contributed by atoms with Crippen LogP contribution in [0.2, 0.25) is 0 Å². The lowest BCUT2D eigenvalue weighted by atomic mass is 9.95. The lowest BCUT2D eigenvalue weighted by Crippen LogP contribution is -2.50. The van der Waals surface area contributed by atoms with Crippen LogP contribution in [0.3, 0.4) is 0 Å². The molecule has 3 unspecified atom stereocenters. The maximum atomic E-state index is 11.8. The average Bonchev–Trinajstić information content (AvgIpc) is 3.12. The maximum absolute atomic E-state index is 11.8. The molecule has 0 saturated heterocycles. The SMILES string of the molecule is COC(C)(C)CNC(=NCC(=O)N(C)C)NC1CC2CCC1C2.I. The highest BCUT2D eigenvalue weighted by Crippen LogP contribution is 2.44. The van der Waals surface area contributed by atoms with Gasteiger partial charge in [0.15, 0.2) is 5.96 Å². The lowest BCUT2D eigenvalue weighted by Gasteiger charge is -2.28. The van der Waals surface area contributed by atoms with Crippen LogP contribution in [0.1, 0.15) is 39.5 Å².